The van der Waals surface area contributed by atoms with Gasteiger partial charge in [-0.05, 0) is 56.1 Å². The van der Waals surface area contributed by atoms with Crippen LogP contribution in [0.2, 0.25) is 0 Å². The molecule has 3 saturated heterocycles. The maximum atomic E-state index is 13.8. The molecule has 0 bridgehead atoms. The third-order valence-corrected chi connectivity index (χ3v) is 8.55. The fourth-order valence-corrected chi connectivity index (χ4v) is 6.19. The van der Waals surface area contributed by atoms with E-state index in [1.54, 1.807) is 0 Å². The van der Waals surface area contributed by atoms with Crippen LogP contribution < -0.4 is 10.6 Å². The fraction of sp³-hybridized carbons (Fsp3) is 0.531. The summed E-state index contributed by atoms with van der Waals surface area (Å²) < 4.78 is 11.2. The molecule has 0 aliphatic carbocycles. The van der Waals surface area contributed by atoms with E-state index in [4.69, 9.17) is 9.47 Å². The SMILES string of the molecule is O=C(NCCCCC1NC(=O)C2(CCN(Cc3ccccc3)CC2)N(CC2CCCO2)C1=O)OCc1ccccc1. The maximum absolute atomic E-state index is 13.8. The van der Waals surface area contributed by atoms with Crippen molar-refractivity contribution >= 4 is 17.9 Å². The normalized spacial score (nSPS) is 22.5. The standard InChI is InChI=1S/C32H42N4O5/c37-29-28(15-7-8-18-33-31(39)41-24-26-12-5-2-6-13-26)34-30(38)32(36(29)23-27-14-9-21-40-27)16-19-35(20-17-32)22-25-10-3-1-4-11-25/h1-6,10-13,27-28H,7-9,14-24H2,(H,33,39)(H,34,38). The topological polar surface area (TPSA) is 100 Å². The average Bonchev–Trinajstić information content (AvgIpc) is 3.52. The zero-order valence-corrected chi connectivity index (χ0v) is 23.8. The number of unbranched alkanes of at least 4 members (excludes halogenated alkanes) is 1. The van der Waals surface area contributed by atoms with Crippen molar-refractivity contribution in [2.45, 2.75) is 75.8 Å². The Morgan fingerprint density at radius 2 is 1.71 bits per heavy atom. The van der Waals surface area contributed by atoms with Crippen molar-refractivity contribution < 1.29 is 23.9 Å². The van der Waals surface area contributed by atoms with Crippen molar-refractivity contribution in [1.29, 1.82) is 0 Å². The van der Waals surface area contributed by atoms with Gasteiger partial charge in [-0.15, -0.1) is 0 Å². The van der Waals surface area contributed by atoms with Gasteiger partial charge < -0.3 is 25.0 Å². The highest BCUT2D eigenvalue weighted by Gasteiger charge is 2.54. The number of hydrogen-bond donors (Lipinski definition) is 2. The summed E-state index contributed by atoms with van der Waals surface area (Å²) >= 11 is 0. The zero-order chi connectivity index (χ0) is 28.5. The van der Waals surface area contributed by atoms with Crippen LogP contribution >= 0.6 is 0 Å². The summed E-state index contributed by atoms with van der Waals surface area (Å²) in [5.74, 6) is -0.0473. The molecule has 2 aromatic rings. The van der Waals surface area contributed by atoms with Gasteiger partial charge in [-0.1, -0.05) is 60.7 Å². The Morgan fingerprint density at radius 3 is 2.39 bits per heavy atom. The van der Waals surface area contributed by atoms with Crippen molar-refractivity contribution in [3.05, 3.63) is 71.8 Å². The Bertz CT molecular complexity index is 1150. The number of piperazine rings is 1. The van der Waals surface area contributed by atoms with E-state index >= 15 is 0 Å². The molecule has 5 rings (SSSR count). The minimum Gasteiger partial charge on any atom is -0.445 e. The summed E-state index contributed by atoms with van der Waals surface area (Å²) in [5.41, 5.74) is 1.36. The number of alkyl carbamates (subject to hydrolysis) is 1. The lowest BCUT2D eigenvalue weighted by Crippen LogP contribution is -2.73. The van der Waals surface area contributed by atoms with Crippen molar-refractivity contribution in [2.24, 2.45) is 0 Å². The number of rotatable bonds is 11. The van der Waals surface area contributed by atoms with Crippen LogP contribution in [-0.2, 0) is 32.2 Å². The van der Waals surface area contributed by atoms with E-state index in [-0.39, 0.29) is 24.5 Å². The van der Waals surface area contributed by atoms with Crippen molar-refractivity contribution in [1.82, 2.24) is 20.4 Å². The van der Waals surface area contributed by atoms with Crippen LogP contribution in [0.25, 0.3) is 0 Å². The number of piperidine rings is 1. The molecule has 2 unspecified atom stereocenters. The Hall–Kier alpha value is -3.43. The minimum absolute atomic E-state index is 0.00756. The van der Waals surface area contributed by atoms with E-state index < -0.39 is 17.7 Å². The Labute approximate surface area is 242 Å². The summed E-state index contributed by atoms with van der Waals surface area (Å²) in [6.07, 6.45) is 4.57. The summed E-state index contributed by atoms with van der Waals surface area (Å²) in [6, 6.07) is 19.3. The highest BCUT2D eigenvalue weighted by Crippen LogP contribution is 2.35. The molecule has 3 aliphatic rings. The van der Waals surface area contributed by atoms with Gasteiger partial charge in [0.2, 0.25) is 11.8 Å². The van der Waals surface area contributed by atoms with Crippen LogP contribution in [0.3, 0.4) is 0 Å². The molecule has 0 radical (unpaired) electrons. The number of nitrogens with one attached hydrogen (secondary N) is 2. The molecular formula is C32H42N4O5. The predicted octanol–water partition coefficient (Wildman–Crippen LogP) is 3.62. The van der Waals surface area contributed by atoms with Gasteiger partial charge in [-0.25, -0.2) is 4.79 Å². The first-order valence-electron chi connectivity index (χ1n) is 15.0. The molecule has 2 N–H and O–H groups in total. The molecule has 1 spiro atoms. The molecular weight excluding hydrogens is 520 g/mol. The molecule has 2 atom stereocenters. The van der Waals surface area contributed by atoms with E-state index in [9.17, 15) is 14.4 Å². The van der Waals surface area contributed by atoms with Gasteiger partial charge in [0.1, 0.15) is 18.2 Å². The van der Waals surface area contributed by atoms with Crippen LogP contribution in [0.5, 0.6) is 0 Å². The molecule has 0 saturated carbocycles. The van der Waals surface area contributed by atoms with Crippen LogP contribution in [-0.4, -0.2) is 78.2 Å². The van der Waals surface area contributed by atoms with Crippen LogP contribution in [0, 0.1) is 0 Å². The lowest BCUT2D eigenvalue weighted by molar-refractivity contribution is -0.163. The number of amides is 3. The van der Waals surface area contributed by atoms with Crippen LogP contribution in [0.15, 0.2) is 60.7 Å². The molecule has 3 aliphatic heterocycles. The van der Waals surface area contributed by atoms with Gasteiger partial charge >= 0.3 is 6.09 Å². The van der Waals surface area contributed by atoms with Crippen LogP contribution in [0.4, 0.5) is 4.79 Å². The first kappa shape index (κ1) is 29.1. The summed E-state index contributed by atoms with van der Waals surface area (Å²) in [4.78, 5) is 43.8. The Kier molecular flexibility index (Phi) is 9.90. The van der Waals surface area contributed by atoms with Gasteiger partial charge in [-0.3, -0.25) is 14.5 Å². The number of nitrogens with zero attached hydrogens (tertiary/aromatic N) is 2. The quantitative estimate of drug-likeness (QED) is 0.406. The Balaban J connectivity index is 1.12. The molecule has 9 heteroatoms. The summed E-state index contributed by atoms with van der Waals surface area (Å²) in [6.45, 7) is 4.21. The highest BCUT2D eigenvalue weighted by molar-refractivity contribution is 6.00. The molecule has 0 aromatic heterocycles. The molecule has 41 heavy (non-hydrogen) atoms. The van der Waals surface area contributed by atoms with Crippen molar-refractivity contribution in [3.63, 3.8) is 0 Å². The first-order valence-corrected chi connectivity index (χ1v) is 15.0. The second kappa shape index (κ2) is 14.0. The smallest absolute Gasteiger partial charge is 0.407 e. The number of benzene rings is 2. The fourth-order valence-electron chi connectivity index (χ4n) is 6.19. The van der Waals surface area contributed by atoms with E-state index in [1.807, 2.05) is 53.4 Å². The second-order valence-electron chi connectivity index (χ2n) is 11.4. The van der Waals surface area contributed by atoms with E-state index in [2.05, 4.69) is 27.7 Å². The average molecular weight is 563 g/mol. The first-order chi connectivity index (χ1) is 20.0. The van der Waals surface area contributed by atoms with Crippen molar-refractivity contribution in [2.75, 3.05) is 32.8 Å². The predicted molar refractivity (Wildman–Crippen MR) is 155 cm³/mol. The number of ether oxygens (including phenoxy) is 2. The molecule has 3 heterocycles. The number of hydrogen-bond acceptors (Lipinski definition) is 6. The molecule has 9 nitrogen and oxygen atoms in total. The van der Waals surface area contributed by atoms with Gasteiger partial charge in [0.25, 0.3) is 0 Å². The Morgan fingerprint density at radius 1 is 1.00 bits per heavy atom. The number of carbonyl (C=O) groups is 3. The third-order valence-electron chi connectivity index (χ3n) is 8.55. The van der Waals surface area contributed by atoms with Gasteiger partial charge in [0.05, 0.1) is 6.10 Å². The largest absolute Gasteiger partial charge is 0.445 e. The maximum Gasteiger partial charge on any atom is 0.407 e. The molecule has 220 valence electrons. The van der Waals surface area contributed by atoms with E-state index in [0.29, 0.717) is 51.8 Å². The number of likely N-dealkylation sites (tertiary alicyclic amines) is 1. The minimum atomic E-state index is -0.823. The third kappa shape index (κ3) is 7.45. The monoisotopic (exact) mass is 562 g/mol. The van der Waals surface area contributed by atoms with E-state index in [0.717, 1.165) is 38.0 Å². The molecule has 2 aromatic carbocycles. The van der Waals surface area contributed by atoms with Gasteiger partial charge in [0, 0.05) is 39.3 Å². The molecule has 3 amide bonds. The zero-order valence-electron chi connectivity index (χ0n) is 23.8. The number of carbonyl (C=O) groups excluding carboxylic acids is 3. The summed E-state index contributed by atoms with van der Waals surface area (Å²) in [5, 5.41) is 5.85. The van der Waals surface area contributed by atoms with E-state index in [1.165, 1.54) is 5.56 Å². The lowest BCUT2D eigenvalue weighted by atomic mass is 9.81. The summed E-state index contributed by atoms with van der Waals surface area (Å²) in [7, 11) is 0. The van der Waals surface area contributed by atoms with Gasteiger partial charge in [0.15, 0.2) is 0 Å². The second-order valence-corrected chi connectivity index (χ2v) is 11.4. The highest BCUT2D eigenvalue weighted by atomic mass is 16.5. The molecule has 3 fully saturated rings. The van der Waals surface area contributed by atoms with Crippen molar-refractivity contribution in [3.8, 4) is 0 Å². The van der Waals surface area contributed by atoms with Gasteiger partial charge in [-0.2, -0.15) is 0 Å². The lowest BCUT2D eigenvalue weighted by Gasteiger charge is -2.52. The van der Waals surface area contributed by atoms with Crippen LogP contribution in [0.1, 0.15) is 56.1 Å².